The molecule has 0 aliphatic heterocycles. The maximum absolute atomic E-state index is 5.53. The number of hydrogen-bond donors (Lipinski definition) is 0. The van der Waals surface area contributed by atoms with Crippen molar-refractivity contribution >= 4 is 11.8 Å². The Labute approximate surface area is 53.6 Å². The summed E-state index contributed by atoms with van der Waals surface area (Å²) in [5.41, 5.74) is 1.22. The van der Waals surface area contributed by atoms with Gasteiger partial charge in [-0.05, 0) is 12.5 Å². The molecule has 1 heterocycles. The van der Waals surface area contributed by atoms with Crippen LogP contribution in [0.25, 0.3) is 0 Å². The number of aromatic nitrogens is 1. The van der Waals surface area contributed by atoms with E-state index in [1.165, 1.54) is 9.65 Å². The Morgan fingerprint density at radius 1 is 1.38 bits per heavy atom. The summed E-state index contributed by atoms with van der Waals surface area (Å²) in [4.78, 5) is 0. The van der Waals surface area contributed by atoms with Crippen molar-refractivity contribution in [2.24, 2.45) is 0 Å². The van der Waals surface area contributed by atoms with Gasteiger partial charge in [0.25, 0.3) is 11.8 Å². The number of hydrogen-bond acceptors (Lipinski definition) is 0. The summed E-state index contributed by atoms with van der Waals surface area (Å²) in [5, 5.41) is 0. The standard InChI is InChI=1S/C6H7ClN/c1-6-2-4-8(7)5-3-6/h2-5H,1H3/q+1. The number of halogens is 1. The molecule has 0 saturated carbocycles. The van der Waals surface area contributed by atoms with E-state index in [0.29, 0.717) is 0 Å². The summed E-state index contributed by atoms with van der Waals surface area (Å²) in [5.74, 6) is 0. The summed E-state index contributed by atoms with van der Waals surface area (Å²) in [7, 11) is 0. The maximum atomic E-state index is 5.53. The van der Waals surface area contributed by atoms with Crippen LogP contribution in [0.2, 0.25) is 0 Å². The van der Waals surface area contributed by atoms with Crippen LogP contribution >= 0.6 is 11.8 Å². The zero-order chi connectivity index (χ0) is 5.98. The topological polar surface area (TPSA) is 3.88 Å². The van der Waals surface area contributed by atoms with Crippen LogP contribution in [0.15, 0.2) is 24.5 Å². The molecule has 0 radical (unpaired) electrons. The summed E-state index contributed by atoms with van der Waals surface area (Å²) >= 11 is 5.53. The van der Waals surface area contributed by atoms with E-state index in [0.717, 1.165) is 0 Å². The average molecular weight is 129 g/mol. The minimum atomic E-state index is 1.22. The second-order valence-corrected chi connectivity index (χ2v) is 2.11. The normalized spacial score (nSPS) is 9.25. The molecule has 0 saturated heterocycles. The fraction of sp³-hybridized carbons (Fsp3) is 0.167. The van der Waals surface area contributed by atoms with E-state index in [9.17, 15) is 0 Å². The van der Waals surface area contributed by atoms with Gasteiger partial charge in [-0.1, -0.05) is 4.09 Å². The third-order valence-electron chi connectivity index (χ3n) is 0.960. The summed E-state index contributed by atoms with van der Waals surface area (Å²) in [6.07, 6.45) is 3.60. The number of nitrogens with zero attached hydrogens (tertiary/aromatic N) is 1. The van der Waals surface area contributed by atoms with Crippen molar-refractivity contribution in [1.29, 1.82) is 0 Å². The predicted octanol–water partition coefficient (Wildman–Crippen LogP) is 1.28. The smallest absolute Gasteiger partial charge is 0.0902 e. The third kappa shape index (κ3) is 1.20. The molecule has 8 heavy (non-hydrogen) atoms. The lowest BCUT2D eigenvalue weighted by atomic mass is 10.3. The van der Waals surface area contributed by atoms with Gasteiger partial charge in [0.05, 0.1) is 0 Å². The van der Waals surface area contributed by atoms with Crippen LogP contribution in [0, 0.1) is 6.92 Å². The molecule has 42 valence electrons. The van der Waals surface area contributed by atoms with E-state index in [1.54, 1.807) is 12.4 Å². The molecule has 1 rings (SSSR count). The Hall–Kier alpha value is -0.560. The Kier molecular flexibility index (Phi) is 1.49. The first kappa shape index (κ1) is 5.57. The second-order valence-electron chi connectivity index (χ2n) is 1.72. The maximum Gasteiger partial charge on any atom is 0.267 e. The van der Waals surface area contributed by atoms with Crippen LogP contribution in [0.3, 0.4) is 0 Å². The Morgan fingerprint density at radius 2 is 1.88 bits per heavy atom. The minimum absolute atomic E-state index is 1.22. The second kappa shape index (κ2) is 2.14. The molecule has 0 bridgehead atoms. The molecule has 0 amide bonds. The first-order valence-corrected chi connectivity index (χ1v) is 2.77. The Balaban J connectivity index is 3.03. The van der Waals surface area contributed by atoms with E-state index in [1.807, 2.05) is 19.1 Å². The van der Waals surface area contributed by atoms with Crippen molar-refractivity contribution in [3.05, 3.63) is 30.1 Å². The van der Waals surface area contributed by atoms with Gasteiger partial charge in [-0.15, -0.1) is 0 Å². The molecule has 2 heteroatoms. The van der Waals surface area contributed by atoms with E-state index < -0.39 is 0 Å². The van der Waals surface area contributed by atoms with E-state index in [-0.39, 0.29) is 0 Å². The zero-order valence-corrected chi connectivity index (χ0v) is 5.39. The first-order chi connectivity index (χ1) is 3.79. The van der Waals surface area contributed by atoms with Crippen LogP contribution < -0.4 is 4.09 Å². The summed E-state index contributed by atoms with van der Waals surface area (Å²) in [6.45, 7) is 2.02. The highest BCUT2D eigenvalue weighted by atomic mass is 35.5. The van der Waals surface area contributed by atoms with Crippen LogP contribution in [-0.2, 0) is 0 Å². The minimum Gasteiger partial charge on any atom is -0.0902 e. The molecule has 0 unspecified atom stereocenters. The fourth-order valence-electron chi connectivity index (χ4n) is 0.483. The molecule has 1 aromatic rings. The van der Waals surface area contributed by atoms with Gasteiger partial charge in [0.2, 0.25) is 0 Å². The van der Waals surface area contributed by atoms with Crippen LogP contribution in [-0.4, -0.2) is 0 Å². The lowest BCUT2D eigenvalue weighted by Gasteiger charge is -1.81. The van der Waals surface area contributed by atoms with Gasteiger partial charge in [0.1, 0.15) is 0 Å². The van der Waals surface area contributed by atoms with Gasteiger partial charge in [0.15, 0.2) is 12.4 Å². The molecule has 0 aliphatic rings. The molecule has 0 N–H and O–H groups in total. The van der Waals surface area contributed by atoms with E-state index >= 15 is 0 Å². The van der Waals surface area contributed by atoms with Crippen LogP contribution in [0.4, 0.5) is 0 Å². The SMILES string of the molecule is Cc1cc[n+](Cl)cc1. The van der Waals surface area contributed by atoms with Crippen molar-refractivity contribution in [3.8, 4) is 0 Å². The van der Waals surface area contributed by atoms with Crippen LogP contribution in [0.5, 0.6) is 0 Å². The van der Waals surface area contributed by atoms with Crippen molar-refractivity contribution < 1.29 is 4.09 Å². The zero-order valence-electron chi connectivity index (χ0n) is 4.63. The Bertz CT molecular complexity index is 147. The lowest BCUT2D eigenvalue weighted by Crippen LogP contribution is -2.17. The van der Waals surface area contributed by atoms with Gasteiger partial charge in [-0.25, -0.2) is 0 Å². The van der Waals surface area contributed by atoms with E-state index in [4.69, 9.17) is 11.8 Å². The first-order valence-electron chi connectivity index (χ1n) is 2.43. The predicted molar refractivity (Wildman–Crippen MR) is 32.6 cm³/mol. The highest BCUT2D eigenvalue weighted by molar-refractivity contribution is 6.04. The number of rotatable bonds is 0. The fourth-order valence-corrected chi connectivity index (χ4v) is 0.595. The van der Waals surface area contributed by atoms with Gasteiger partial charge in [-0.2, -0.15) is 0 Å². The number of pyridine rings is 1. The molecule has 0 aliphatic carbocycles. The molecule has 0 atom stereocenters. The Morgan fingerprint density at radius 3 is 2.25 bits per heavy atom. The quantitative estimate of drug-likeness (QED) is 0.496. The molecule has 0 aromatic carbocycles. The largest absolute Gasteiger partial charge is 0.267 e. The van der Waals surface area contributed by atoms with Crippen molar-refractivity contribution in [1.82, 2.24) is 0 Å². The molecule has 0 fully saturated rings. The lowest BCUT2D eigenvalue weighted by molar-refractivity contribution is -0.519. The van der Waals surface area contributed by atoms with Crippen LogP contribution in [0.1, 0.15) is 5.56 Å². The molecule has 1 aromatic heterocycles. The highest BCUT2D eigenvalue weighted by Gasteiger charge is 1.89. The summed E-state index contributed by atoms with van der Waals surface area (Å²) < 4.78 is 1.49. The van der Waals surface area contributed by atoms with Gasteiger partial charge >= 0.3 is 0 Å². The van der Waals surface area contributed by atoms with Gasteiger partial charge in [-0.3, -0.25) is 0 Å². The highest BCUT2D eigenvalue weighted by Crippen LogP contribution is 1.89. The summed E-state index contributed by atoms with van der Waals surface area (Å²) in [6, 6.07) is 3.90. The van der Waals surface area contributed by atoms with Crippen molar-refractivity contribution in [3.63, 3.8) is 0 Å². The van der Waals surface area contributed by atoms with Gasteiger partial charge < -0.3 is 0 Å². The molecule has 0 spiro atoms. The number of aryl methyl sites for hydroxylation is 1. The third-order valence-corrected chi connectivity index (χ3v) is 1.19. The van der Waals surface area contributed by atoms with Gasteiger partial charge in [0, 0.05) is 12.1 Å². The van der Waals surface area contributed by atoms with Crippen molar-refractivity contribution in [2.75, 3.05) is 0 Å². The molecular weight excluding hydrogens is 122 g/mol. The molecule has 1 nitrogen and oxygen atoms in total. The monoisotopic (exact) mass is 128 g/mol. The van der Waals surface area contributed by atoms with Crippen molar-refractivity contribution in [2.45, 2.75) is 6.92 Å². The molecular formula is C6H7ClN+. The van der Waals surface area contributed by atoms with E-state index in [2.05, 4.69) is 0 Å². The average Bonchev–Trinajstić information content (AvgIpc) is 1.77.